The molecule has 1 fully saturated rings. The Bertz CT molecular complexity index is 490. The first kappa shape index (κ1) is 18.0. The van der Waals surface area contributed by atoms with E-state index in [0.29, 0.717) is 0 Å². The van der Waals surface area contributed by atoms with Crippen LogP contribution in [0.4, 0.5) is 0 Å². The molecular weight excluding hydrogens is 314 g/mol. The van der Waals surface area contributed by atoms with Crippen LogP contribution in [0.1, 0.15) is 18.4 Å². The minimum Gasteiger partial charge on any atom is -0.379 e. The Morgan fingerprint density at radius 2 is 2.26 bits per heavy atom. The summed E-state index contributed by atoms with van der Waals surface area (Å²) in [6.07, 6.45) is 3.16. The van der Waals surface area contributed by atoms with E-state index < -0.39 is 0 Å². The summed E-state index contributed by atoms with van der Waals surface area (Å²) in [5.74, 6) is 0.816. The van der Waals surface area contributed by atoms with E-state index >= 15 is 0 Å². The standard InChI is InChI=1S/C17H26ClN3O2/c1-19-17(20-8-3-10-23-16-7-11-22-13-16)21-9-6-14-4-2-5-15(18)12-14/h2,4-5,12,16H,3,6-11,13H2,1H3,(H2,19,20,21). The molecule has 1 saturated heterocycles. The monoisotopic (exact) mass is 339 g/mol. The van der Waals surface area contributed by atoms with Gasteiger partial charge in [-0.3, -0.25) is 4.99 Å². The highest BCUT2D eigenvalue weighted by atomic mass is 35.5. The quantitative estimate of drug-likeness (QED) is 0.433. The Kier molecular flexibility index (Phi) is 8.21. The van der Waals surface area contributed by atoms with Crippen molar-refractivity contribution in [1.82, 2.24) is 10.6 Å². The van der Waals surface area contributed by atoms with Gasteiger partial charge in [-0.05, 0) is 37.0 Å². The fourth-order valence-electron chi connectivity index (χ4n) is 2.41. The van der Waals surface area contributed by atoms with Crippen molar-refractivity contribution < 1.29 is 9.47 Å². The second-order valence-electron chi connectivity index (χ2n) is 5.52. The molecule has 23 heavy (non-hydrogen) atoms. The molecule has 0 saturated carbocycles. The minimum absolute atomic E-state index is 0.283. The lowest BCUT2D eigenvalue weighted by atomic mass is 10.1. The average molecular weight is 340 g/mol. The van der Waals surface area contributed by atoms with Gasteiger partial charge in [0.05, 0.1) is 12.7 Å². The molecule has 0 bridgehead atoms. The molecule has 1 unspecified atom stereocenters. The molecule has 128 valence electrons. The van der Waals surface area contributed by atoms with Crippen molar-refractivity contribution >= 4 is 17.6 Å². The molecule has 0 spiro atoms. The van der Waals surface area contributed by atoms with E-state index in [1.807, 2.05) is 18.2 Å². The fraction of sp³-hybridized carbons (Fsp3) is 0.588. The first-order valence-corrected chi connectivity index (χ1v) is 8.54. The van der Waals surface area contributed by atoms with Crippen LogP contribution in [0, 0.1) is 0 Å². The summed E-state index contributed by atoms with van der Waals surface area (Å²) >= 11 is 5.98. The number of halogens is 1. The number of ether oxygens (including phenoxy) is 2. The molecule has 5 nitrogen and oxygen atoms in total. The molecular formula is C17H26ClN3O2. The molecule has 0 radical (unpaired) electrons. The van der Waals surface area contributed by atoms with Crippen LogP contribution in [0.3, 0.4) is 0 Å². The number of rotatable bonds is 8. The van der Waals surface area contributed by atoms with Gasteiger partial charge in [-0.15, -0.1) is 0 Å². The lowest BCUT2D eigenvalue weighted by Crippen LogP contribution is -2.39. The molecule has 1 aromatic carbocycles. The van der Waals surface area contributed by atoms with Gasteiger partial charge in [0.25, 0.3) is 0 Å². The van der Waals surface area contributed by atoms with E-state index in [1.165, 1.54) is 5.56 Å². The third-order valence-electron chi connectivity index (χ3n) is 3.67. The average Bonchev–Trinajstić information content (AvgIpc) is 3.06. The number of guanidine groups is 1. The Labute approximate surface area is 143 Å². The van der Waals surface area contributed by atoms with Crippen LogP contribution in [-0.4, -0.2) is 52.0 Å². The predicted molar refractivity (Wildman–Crippen MR) is 94.3 cm³/mol. The summed E-state index contributed by atoms with van der Waals surface area (Å²) in [6, 6.07) is 7.93. The van der Waals surface area contributed by atoms with Gasteiger partial charge in [-0.25, -0.2) is 0 Å². The van der Waals surface area contributed by atoms with Gasteiger partial charge >= 0.3 is 0 Å². The molecule has 1 aliphatic heterocycles. The Hall–Kier alpha value is -1.30. The largest absolute Gasteiger partial charge is 0.379 e. The third-order valence-corrected chi connectivity index (χ3v) is 3.91. The second kappa shape index (κ2) is 10.5. The maximum absolute atomic E-state index is 5.98. The van der Waals surface area contributed by atoms with Crippen LogP contribution in [0.5, 0.6) is 0 Å². The highest BCUT2D eigenvalue weighted by Gasteiger charge is 2.15. The van der Waals surface area contributed by atoms with Crippen molar-refractivity contribution in [3.63, 3.8) is 0 Å². The zero-order chi connectivity index (χ0) is 16.3. The van der Waals surface area contributed by atoms with E-state index in [1.54, 1.807) is 7.05 Å². The van der Waals surface area contributed by atoms with Crippen LogP contribution in [0.2, 0.25) is 5.02 Å². The SMILES string of the molecule is CN=C(NCCCOC1CCOC1)NCCc1cccc(Cl)c1. The minimum atomic E-state index is 0.283. The summed E-state index contributed by atoms with van der Waals surface area (Å²) in [5, 5.41) is 7.37. The fourth-order valence-corrected chi connectivity index (χ4v) is 2.62. The zero-order valence-corrected chi connectivity index (χ0v) is 14.4. The normalized spacial score (nSPS) is 18.2. The third kappa shape index (κ3) is 7.20. The molecule has 2 N–H and O–H groups in total. The highest BCUT2D eigenvalue weighted by molar-refractivity contribution is 6.30. The van der Waals surface area contributed by atoms with E-state index in [-0.39, 0.29) is 6.10 Å². The zero-order valence-electron chi connectivity index (χ0n) is 13.7. The maximum atomic E-state index is 5.98. The second-order valence-corrected chi connectivity index (χ2v) is 5.95. The molecule has 1 aromatic rings. The lowest BCUT2D eigenvalue weighted by Gasteiger charge is -2.13. The Morgan fingerprint density at radius 3 is 3.00 bits per heavy atom. The van der Waals surface area contributed by atoms with Crippen molar-refractivity contribution in [2.45, 2.75) is 25.4 Å². The lowest BCUT2D eigenvalue weighted by molar-refractivity contribution is 0.0420. The van der Waals surface area contributed by atoms with Crippen LogP contribution in [-0.2, 0) is 15.9 Å². The van der Waals surface area contributed by atoms with Gasteiger partial charge in [0.1, 0.15) is 0 Å². The number of nitrogens with one attached hydrogen (secondary N) is 2. The van der Waals surface area contributed by atoms with Crippen LogP contribution >= 0.6 is 11.6 Å². The number of hydrogen-bond acceptors (Lipinski definition) is 3. The number of nitrogens with zero attached hydrogens (tertiary/aromatic N) is 1. The van der Waals surface area contributed by atoms with Crippen LogP contribution in [0.15, 0.2) is 29.3 Å². The van der Waals surface area contributed by atoms with Crippen LogP contribution < -0.4 is 10.6 Å². The van der Waals surface area contributed by atoms with Gasteiger partial charge < -0.3 is 20.1 Å². The number of aliphatic imine (C=N–C) groups is 1. The van der Waals surface area contributed by atoms with Crippen LogP contribution in [0.25, 0.3) is 0 Å². The molecule has 0 amide bonds. The summed E-state index contributed by atoms with van der Waals surface area (Å²) in [6.45, 7) is 3.97. The van der Waals surface area contributed by atoms with Crippen molar-refractivity contribution in [2.24, 2.45) is 4.99 Å². The van der Waals surface area contributed by atoms with Gasteiger partial charge in [-0.1, -0.05) is 23.7 Å². The smallest absolute Gasteiger partial charge is 0.190 e. The molecule has 1 atom stereocenters. The molecule has 1 aliphatic rings. The molecule has 2 rings (SSSR count). The number of hydrogen-bond donors (Lipinski definition) is 2. The van der Waals surface area contributed by atoms with Crippen molar-refractivity contribution in [2.75, 3.05) is 40.0 Å². The highest BCUT2D eigenvalue weighted by Crippen LogP contribution is 2.10. The van der Waals surface area contributed by atoms with Crippen molar-refractivity contribution in [3.8, 4) is 0 Å². The summed E-state index contributed by atoms with van der Waals surface area (Å²) in [4.78, 5) is 4.22. The van der Waals surface area contributed by atoms with Gasteiger partial charge in [0.15, 0.2) is 5.96 Å². The molecule has 1 heterocycles. The van der Waals surface area contributed by atoms with E-state index in [9.17, 15) is 0 Å². The van der Waals surface area contributed by atoms with Gasteiger partial charge in [-0.2, -0.15) is 0 Å². The number of benzene rings is 1. The van der Waals surface area contributed by atoms with Gasteiger partial charge in [0.2, 0.25) is 0 Å². The Morgan fingerprint density at radius 1 is 1.39 bits per heavy atom. The maximum Gasteiger partial charge on any atom is 0.190 e. The molecule has 0 aromatic heterocycles. The summed E-state index contributed by atoms with van der Waals surface area (Å²) in [7, 11) is 1.78. The molecule has 6 heteroatoms. The Balaban J connectivity index is 1.54. The predicted octanol–water partition coefficient (Wildman–Crippen LogP) is 2.24. The van der Waals surface area contributed by atoms with E-state index in [0.717, 1.165) is 63.2 Å². The topological polar surface area (TPSA) is 54.9 Å². The van der Waals surface area contributed by atoms with E-state index in [2.05, 4.69) is 21.7 Å². The van der Waals surface area contributed by atoms with E-state index in [4.69, 9.17) is 21.1 Å². The molecule has 0 aliphatic carbocycles. The van der Waals surface area contributed by atoms with Crippen molar-refractivity contribution in [1.29, 1.82) is 0 Å². The first-order chi connectivity index (χ1) is 11.3. The first-order valence-electron chi connectivity index (χ1n) is 8.16. The van der Waals surface area contributed by atoms with Gasteiger partial charge in [0, 0.05) is 38.4 Å². The summed E-state index contributed by atoms with van der Waals surface area (Å²) in [5.41, 5.74) is 1.22. The summed E-state index contributed by atoms with van der Waals surface area (Å²) < 4.78 is 11.0. The van der Waals surface area contributed by atoms with Crippen molar-refractivity contribution in [3.05, 3.63) is 34.9 Å².